The number of nitrogens with one attached hydrogen (secondary N) is 7. The van der Waals surface area contributed by atoms with E-state index in [-0.39, 0.29) is 75.5 Å². The number of aromatic amines is 4. The van der Waals surface area contributed by atoms with Gasteiger partial charge >= 0.3 is 17.3 Å². The molecule has 1 saturated heterocycles. The number of aliphatic hydroxyl groups excluding tert-OH is 8. The molecule has 0 aliphatic carbocycles. The first-order chi connectivity index (χ1) is 60.4. The van der Waals surface area contributed by atoms with Crippen molar-refractivity contribution in [3.05, 3.63) is 190 Å². The van der Waals surface area contributed by atoms with E-state index in [9.17, 15) is 69.0 Å². The molecule has 15 N–H and O–H groups in total. The summed E-state index contributed by atoms with van der Waals surface area (Å²) in [6, 6.07) is 21.1. The summed E-state index contributed by atoms with van der Waals surface area (Å²) < 4.78 is 9.07. The minimum atomic E-state index is -1.62. The zero-order chi connectivity index (χ0) is 92.0. The number of aromatic nitrogens is 13. The van der Waals surface area contributed by atoms with E-state index in [4.69, 9.17) is 14.9 Å². The fraction of sp³-hybridized carbons (Fsp3) is 0.443. The number of aryl methyl sites for hydroxylation is 6. The second-order valence-electron chi connectivity index (χ2n) is 32.7. The van der Waals surface area contributed by atoms with Crippen LogP contribution in [0.15, 0.2) is 112 Å². The number of unbranched alkanes of at least 4 members (excludes halogenated alkanes) is 3. The Kier molecular flexibility index (Phi) is 31.4. The van der Waals surface area contributed by atoms with Crippen molar-refractivity contribution >= 4 is 98.5 Å². The maximum atomic E-state index is 12.6. The molecule has 7 aliphatic heterocycles. The third-order valence-electron chi connectivity index (χ3n) is 21.7. The van der Waals surface area contributed by atoms with Crippen molar-refractivity contribution in [2.45, 2.75) is 175 Å². The van der Waals surface area contributed by atoms with Crippen LogP contribution in [0.25, 0.3) is 58.3 Å². The van der Waals surface area contributed by atoms with Gasteiger partial charge in [-0.2, -0.15) is 9.97 Å². The Morgan fingerprint density at radius 3 is 1.62 bits per heavy atom. The summed E-state index contributed by atoms with van der Waals surface area (Å²) in [7, 11) is 5.58. The van der Waals surface area contributed by atoms with Gasteiger partial charge in [-0.25, -0.2) is 39.5 Å². The molecule has 676 valence electrons. The number of pyridine rings is 1. The normalized spacial score (nSPS) is 14.1. The van der Waals surface area contributed by atoms with Gasteiger partial charge in [-0.15, -0.1) is 0 Å². The highest BCUT2D eigenvalue weighted by Gasteiger charge is 2.35. The van der Waals surface area contributed by atoms with Gasteiger partial charge in [0, 0.05) is 109 Å². The number of carbonyl (C=O) groups excluding carboxylic acids is 2. The number of amides is 1. The molecule has 4 aromatic carbocycles. The van der Waals surface area contributed by atoms with E-state index in [1.807, 2.05) is 150 Å². The first kappa shape index (κ1) is 94.9. The van der Waals surface area contributed by atoms with Crippen LogP contribution in [0.2, 0.25) is 0 Å². The topological polar surface area (TPSA) is 545 Å². The molecule has 1 fully saturated rings. The van der Waals surface area contributed by atoms with Gasteiger partial charge in [0.2, 0.25) is 5.91 Å². The third-order valence-corrected chi connectivity index (χ3v) is 21.7. The molecule has 127 heavy (non-hydrogen) atoms. The number of benzene rings is 4. The van der Waals surface area contributed by atoms with Gasteiger partial charge in [-0.3, -0.25) is 43.7 Å². The van der Waals surface area contributed by atoms with Gasteiger partial charge in [0.25, 0.3) is 22.2 Å². The molecule has 7 aliphatic rings. The molecule has 1 amide bonds. The fourth-order valence-corrected chi connectivity index (χ4v) is 15.1. The van der Waals surface area contributed by atoms with E-state index >= 15 is 0 Å². The highest BCUT2D eigenvalue weighted by Crippen LogP contribution is 2.42. The smallest absolute Gasteiger partial charge is 0.349 e. The summed E-state index contributed by atoms with van der Waals surface area (Å²) in [5.74, 6) is 0.775. The summed E-state index contributed by atoms with van der Waals surface area (Å²) in [6.07, 6.45) is 0.579. The zero-order valence-electron chi connectivity index (χ0n) is 73.1. The summed E-state index contributed by atoms with van der Waals surface area (Å²) >= 11 is 0. The standard InChI is InChI=1S/C24H28N6O5.C22H29N5O4.C21H28N6O3.C21H27N5O5/c1-13-9-17-18(10-16(13)26-8-6-15-5-3-4-7-25-15)30(11-19(32)22(34)20(33)12-31)23-21(29-17)24(35)28-14(2)27-23;1-13-11-15-16(12-14(13)2)27(19-18(24-15)20(29)26-21(30)25-19)10-9-23-8-6-7-17(28)31-22(3,4)5;1-13-11-14-16(12-15(13)26(3)4)27(10-8-6-5-7-9-17(28)22-2)19-18(23-14)20(29)25-21(30)24-19;1-11-7-13-15(8-14(11)25-5-3-4-6-25)26(9-16(28)19(30)17(29)10-27)20-18(24-13)21(31)23-12(2)22-20/h3-5,7,9-10,19-20,22,26,31-34H,2,6,8,11-12H2,1H3,(H,28,35);11-12,23H,6-10H2,1-5H3,(H,26,29,30);11-12H,5-10H2,1-4H3,(H,22,28)(H,25,29,30);7-8,16-17,19,27-30H,2-6,9-10H2,1H3,(H,23,31)/t19-,20+,22-;;;16-,17+,19-/m0..0/s1. The van der Waals surface area contributed by atoms with Crippen LogP contribution in [0.3, 0.4) is 0 Å². The predicted molar refractivity (Wildman–Crippen MR) is 482 cm³/mol. The number of anilines is 7. The summed E-state index contributed by atoms with van der Waals surface area (Å²) in [5.41, 5.74) is 10.8. The number of hydrogen-bond acceptors (Lipinski definition) is 32. The summed E-state index contributed by atoms with van der Waals surface area (Å²) in [6.45, 7) is 25.8. The number of carbonyl (C=O) groups is 2. The lowest BCUT2D eigenvalue weighted by molar-refractivity contribution is -0.154. The number of rotatable bonds is 30. The maximum absolute atomic E-state index is 12.6. The minimum absolute atomic E-state index is 0.0459. The largest absolute Gasteiger partial charge is 0.460 e. The van der Waals surface area contributed by atoms with Crippen molar-refractivity contribution in [3.63, 3.8) is 0 Å². The second kappa shape index (κ2) is 42.0. The molecule has 39 nitrogen and oxygen atoms in total. The van der Waals surface area contributed by atoms with E-state index in [1.165, 1.54) is 0 Å². The zero-order valence-corrected chi connectivity index (χ0v) is 73.1. The first-order valence-electron chi connectivity index (χ1n) is 42.0. The number of H-pyrrole nitrogens is 4. The summed E-state index contributed by atoms with van der Waals surface area (Å²) in [5, 5.41) is 88.8. The van der Waals surface area contributed by atoms with E-state index in [0.717, 1.165) is 113 Å². The Hall–Kier alpha value is -12.7. The summed E-state index contributed by atoms with van der Waals surface area (Å²) in [4.78, 5) is 152. The average Bonchev–Trinajstić information content (AvgIpc) is 1.05. The highest BCUT2D eigenvalue weighted by molar-refractivity contribution is 5.86. The van der Waals surface area contributed by atoms with Crippen LogP contribution in [0.1, 0.15) is 112 Å². The van der Waals surface area contributed by atoms with Gasteiger partial charge in [-0.05, 0) is 183 Å². The lowest BCUT2D eigenvalue weighted by Crippen LogP contribution is -2.48. The van der Waals surface area contributed by atoms with Crippen LogP contribution >= 0.6 is 0 Å². The molecule has 0 spiro atoms. The Morgan fingerprint density at radius 2 is 1.09 bits per heavy atom. The third kappa shape index (κ3) is 23.3. The van der Waals surface area contributed by atoms with Crippen LogP contribution < -0.4 is 90.8 Å². The van der Waals surface area contributed by atoms with Crippen LogP contribution in [-0.2, 0) is 33.8 Å². The van der Waals surface area contributed by atoms with E-state index < -0.39 is 89.1 Å². The van der Waals surface area contributed by atoms with Crippen LogP contribution in [0, 0.1) is 34.6 Å². The SMILES string of the molecule is C=c1nc2c(c(=O)[nH]1)=Nc1cc(C)c(N3CCCC3)cc1N2C[C@H](O)[C@H](O)[C@H](O)CO.C=c1nc2c(c(=O)[nH]1)=Nc1cc(C)c(NCCc3ccccn3)cc1N2C[C@H](O)[C@H](O)[C@H](O)CO.CNC(=O)CCCCCCn1c2nc(=O)[nH]c(=O)c-2nc2cc(C)c(N(C)C)cc21.Cc1cc2nc3c(=O)[nH]c(=O)nc-3n(CCNCCCC(=O)OC(C)(C)C)c2cc1C. The molecule has 14 rings (SSSR count). The Morgan fingerprint density at radius 1 is 0.559 bits per heavy atom. The van der Waals surface area contributed by atoms with Crippen molar-refractivity contribution in [1.29, 1.82) is 0 Å². The first-order valence-corrected chi connectivity index (χ1v) is 42.0. The Labute approximate surface area is 728 Å². The Balaban J connectivity index is 0.000000164. The number of aliphatic hydroxyl groups is 8. The van der Waals surface area contributed by atoms with E-state index in [1.54, 1.807) is 23.0 Å². The van der Waals surface area contributed by atoms with Crippen molar-refractivity contribution in [3.8, 4) is 23.0 Å². The lowest BCUT2D eigenvalue weighted by Gasteiger charge is -2.33. The average molecular weight is 1750 g/mol. The van der Waals surface area contributed by atoms with Crippen molar-refractivity contribution in [1.82, 2.24) is 74.6 Å². The molecular formula is C88H112N22O17. The maximum Gasteiger partial charge on any atom is 0.349 e. The van der Waals surface area contributed by atoms with Gasteiger partial charge in [0.05, 0.1) is 71.1 Å². The van der Waals surface area contributed by atoms with Gasteiger partial charge in [0.1, 0.15) is 53.2 Å². The van der Waals surface area contributed by atoms with Gasteiger partial charge < -0.3 is 100 Å². The monoisotopic (exact) mass is 1750 g/mol. The van der Waals surface area contributed by atoms with Gasteiger partial charge in [-0.1, -0.05) is 32.1 Å². The van der Waals surface area contributed by atoms with Crippen LogP contribution in [0.4, 0.5) is 51.4 Å². The van der Waals surface area contributed by atoms with Crippen molar-refractivity contribution < 1.29 is 55.2 Å². The van der Waals surface area contributed by atoms with Gasteiger partial charge in [0.15, 0.2) is 45.4 Å². The lowest BCUT2D eigenvalue weighted by atomic mass is 10.1. The molecule has 10 heterocycles. The number of hydrogen-bond donors (Lipinski definition) is 15. The molecule has 3 aromatic heterocycles. The molecule has 0 bridgehead atoms. The molecular weight excluding hydrogens is 1640 g/mol. The molecule has 39 heteroatoms. The molecule has 7 aromatic rings. The highest BCUT2D eigenvalue weighted by atomic mass is 16.6. The van der Waals surface area contributed by atoms with Crippen LogP contribution in [-0.4, -0.2) is 239 Å². The quantitative estimate of drug-likeness (QED) is 0.0171. The minimum Gasteiger partial charge on any atom is -0.460 e. The molecule has 0 radical (unpaired) electrons. The van der Waals surface area contributed by atoms with E-state index in [0.29, 0.717) is 98.0 Å². The Bertz CT molecular complexity index is 6370. The molecule has 0 unspecified atom stereocenters. The van der Waals surface area contributed by atoms with Crippen molar-refractivity contribution in [2.24, 2.45) is 9.98 Å². The second-order valence-corrected chi connectivity index (χ2v) is 32.7. The number of fused-ring (bicyclic) bond motifs is 8. The number of ether oxygens (including phenoxy) is 1. The fourth-order valence-electron chi connectivity index (χ4n) is 15.1. The molecule has 6 atom stereocenters. The van der Waals surface area contributed by atoms with Crippen molar-refractivity contribution in [2.75, 3.05) is 105 Å². The van der Waals surface area contributed by atoms with Crippen LogP contribution in [0.5, 0.6) is 0 Å². The number of esters is 1. The van der Waals surface area contributed by atoms with E-state index in [2.05, 4.69) is 98.8 Å². The molecule has 0 saturated carbocycles. The number of β-amino-alcohol motifs (C(OH)–C–C–N with tert-alkyl or cyclic N) is 2. The number of nitrogens with zero attached hydrogens (tertiary/aromatic N) is 15. The predicted octanol–water partition coefficient (Wildman–Crippen LogP) is 1.15.